The number of benzene rings is 1. The van der Waals surface area contributed by atoms with Gasteiger partial charge in [-0.05, 0) is 32.4 Å². The molecule has 1 nitrogen and oxygen atoms in total. The average Bonchev–Trinajstić information content (AvgIpc) is 2.35. The topological polar surface area (TPSA) is 17.1 Å². The van der Waals surface area contributed by atoms with E-state index in [1.54, 1.807) is 6.08 Å². The molecule has 0 fully saturated rings. The molecule has 0 aliphatic carbocycles. The summed E-state index contributed by atoms with van der Waals surface area (Å²) in [6.45, 7) is 5.92. The molecule has 0 unspecified atom stereocenters. The third-order valence-electron chi connectivity index (χ3n) is 2.46. The van der Waals surface area contributed by atoms with Crippen LogP contribution in [-0.4, -0.2) is 5.78 Å². The minimum atomic E-state index is 0.0360. The van der Waals surface area contributed by atoms with Gasteiger partial charge in [0.25, 0.3) is 0 Å². The molecule has 1 heteroatoms. The molecular weight excluding hydrogens is 208 g/mol. The van der Waals surface area contributed by atoms with Crippen molar-refractivity contribution in [2.75, 3.05) is 0 Å². The molecule has 0 bridgehead atoms. The van der Waals surface area contributed by atoms with Crippen LogP contribution in [-0.2, 0) is 0 Å². The SMILES string of the molecule is C\C=C/C(/C=C/C(=O)c1ccc(C)cc1)=C\C. The molecule has 0 saturated heterocycles. The molecular formula is C16H18O. The summed E-state index contributed by atoms with van der Waals surface area (Å²) in [5.74, 6) is 0.0360. The number of aryl methyl sites for hydroxylation is 1. The maximum atomic E-state index is 11.8. The summed E-state index contributed by atoms with van der Waals surface area (Å²) >= 11 is 0. The van der Waals surface area contributed by atoms with Crippen molar-refractivity contribution in [1.29, 1.82) is 0 Å². The van der Waals surface area contributed by atoms with Crippen LogP contribution in [0, 0.1) is 6.92 Å². The van der Waals surface area contributed by atoms with Gasteiger partial charge in [-0.25, -0.2) is 0 Å². The van der Waals surface area contributed by atoms with E-state index >= 15 is 0 Å². The van der Waals surface area contributed by atoms with E-state index in [1.165, 1.54) is 0 Å². The third-order valence-corrected chi connectivity index (χ3v) is 2.46. The molecule has 1 aromatic carbocycles. The molecule has 0 N–H and O–H groups in total. The molecule has 17 heavy (non-hydrogen) atoms. The Kier molecular flexibility index (Phi) is 5.15. The zero-order valence-corrected chi connectivity index (χ0v) is 10.6. The van der Waals surface area contributed by atoms with Crippen LogP contribution in [0.5, 0.6) is 0 Å². The molecule has 88 valence electrons. The second kappa shape index (κ2) is 6.64. The maximum Gasteiger partial charge on any atom is 0.185 e. The molecule has 0 amide bonds. The summed E-state index contributed by atoms with van der Waals surface area (Å²) in [5, 5.41) is 0. The number of carbonyl (C=O) groups excluding carboxylic acids is 1. The summed E-state index contributed by atoms with van der Waals surface area (Å²) in [6.07, 6.45) is 9.34. The summed E-state index contributed by atoms with van der Waals surface area (Å²) in [7, 11) is 0. The van der Waals surface area contributed by atoms with E-state index in [0.29, 0.717) is 0 Å². The fourth-order valence-corrected chi connectivity index (χ4v) is 1.43. The first-order valence-electron chi connectivity index (χ1n) is 5.75. The highest BCUT2D eigenvalue weighted by Gasteiger charge is 2.00. The van der Waals surface area contributed by atoms with Crippen LogP contribution in [0.25, 0.3) is 0 Å². The summed E-state index contributed by atoms with van der Waals surface area (Å²) in [5.41, 5.74) is 2.92. The van der Waals surface area contributed by atoms with Crippen LogP contribution in [0.2, 0.25) is 0 Å². The molecule has 0 aliphatic rings. The van der Waals surface area contributed by atoms with Crippen molar-refractivity contribution in [1.82, 2.24) is 0 Å². The van der Waals surface area contributed by atoms with Crippen LogP contribution in [0.15, 0.2) is 60.2 Å². The lowest BCUT2D eigenvalue weighted by Crippen LogP contribution is -1.93. The van der Waals surface area contributed by atoms with Gasteiger partial charge in [0, 0.05) is 5.56 Å². The predicted octanol–water partition coefficient (Wildman–Crippen LogP) is 4.26. The number of hydrogen-bond acceptors (Lipinski definition) is 1. The molecule has 0 heterocycles. The Morgan fingerprint density at radius 3 is 2.18 bits per heavy atom. The monoisotopic (exact) mass is 226 g/mol. The van der Waals surface area contributed by atoms with E-state index in [2.05, 4.69) is 0 Å². The standard InChI is InChI=1S/C16H18O/c1-4-6-14(5-2)9-12-16(17)15-10-7-13(3)8-11-15/h4-12H,1-3H3/b6-4-,12-9+,14-5+. The first-order chi connectivity index (χ1) is 8.17. The van der Waals surface area contributed by atoms with Crippen molar-refractivity contribution < 1.29 is 4.79 Å². The van der Waals surface area contributed by atoms with E-state index in [4.69, 9.17) is 0 Å². The number of ketones is 1. The Labute approximate surface area is 103 Å². The summed E-state index contributed by atoms with van der Waals surface area (Å²) in [6, 6.07) is 7.60. The van der Waals surface area contributed by atoms with Gasteiger partial charge in [0.1, 0.15) is 0 Å². The van der Waals surface area contributed by atoms with Crippen molar-refractivity contribution >= 4 is 5.78 Å². The van der Waals surface area contributed by atoms with Gasteiger partial charge in [0.15, 0.2) is 5.78 Å². The third kappa shape index (κ3) is 4.23. The Bertz CT molecular complexity index is 459. The first-order valence-corrected chi connectivity index (χ1v) is 5.75. The molecule has 0 atom stereocenters. The highest BCUT2D eigenvalue weighted by molar-refractivity contribution is 6.04. The van der Waals surface area contributed by atoms with E-state index in [0.717, 1.165) is 16.7 Å². The fraction of sp³-hybridized carbons (Fsp3) is 0.188. The first kappa shape index (κ1) is 13.2. The van der Waals surface area contributed by atoms with Crippen molar-refractivity contribution in [2.45, 2.75) is 20.8 Å². The maximum absolute atomic E-state index is 11.8. The summed E-state index contributed by atoms with van der Waals surface area (Å²) in [4.78, 5) is 11.8. The van der Waals surface area contributed by atoms with Crippen molar-refractivity contribution in [3.05, 3.63) is 71.3 Å². The van der Waals surface area contributed by atoms with Crippen molar-refractivity contribution in [2.24, 2.45) is 0 Å². The molecule has 0 aromatic heterocycles. The minimum Gasteiger partial charge on any atom is -0.289 e. The van der Waals surface area contributed by atoms with Gasteiger partial charge in [-0.3, -0.25) is 4.79 Å². The lowest BCUT2D eigenvalue weighted by Gasteiger charge is -1.97. The Morgan fingerprint density at radius 1 is 1.00 bits per heavy atom. The fourth-order valence-electron chi connectivity index (χ4n) is 1.43. The van der Waals surface area contributed by atoms with Gasteiger partial charge in [-0.1, -0.05) is 54.1 Å². The minimum absolute atomic E-state index is 0.0360. The Hall–Kier alpha value is -1.89. The lowest BCUT2D eigenvalue weighted by atomic mass is 10.1. The molecule has 0 spiro atoms. The van der Waals surface area contributed by atoms with Crippen molar-refractivity contribution in [3.63, 3.8) is 0 Å². The number of carbonyl (C=O) groups is 1. The second-order valence-corrected chi connectivity index (χ2v) is 3.85. The number of allylic oxidation sites excluding steroid dienone is 6. The normalized spacial score (nSPS) is 12.5. The zero-order chi connectivity index (χ0) is 12.7. The van der Waals surface area contributed by atoms with E-state index in [1.807, 2.05) is 69.3 Å². The lowest BCUT2D eigenvalue weighted by molar-refractivity contribution is 0.104. The van der Waals surface area contributed by atoms with Crippen LogP contribution < -0.4 is 0 Å². The van der Waals surface area contributed by atoms with Crippen LogP contribution in [0.1, 0.15) is 29.8 Å². The van der Waals surface area contributed by atoms with Gasteiger partial charge in [0.2, 0.25) is 0 Å². The molecule has 1 aromatic rings. The number of hydrogen-bond donors (Lipinski definition) is 0. The molecule has 0 radical (unpaired) electrons. The Balaban J connectivity index is 2.79. The molecule has 1 rings (SSSR count). The smallest absolute Gasteiger partial charge is 0.185 e. The highest BCUT2D eigenvalue weighted by Crippen LogP contribution is 2.06. The van der Waals surface area contributed by atoms with E-state index < -0.39 is 0 Å². The van der Waals surface area contributed by atoms with Crippen LogP contribution in [0.3, 0.4) is 0 Å². The van der Waals surface area contributed by atoms with Crippen LogP contribution >= 0.6 is 0 Å². The van der Waals surface area contributed by atoms with Gasteiger partial charge < -0.3 is 0 Å². The molecule has 0 saturated carbocycles. The Morgan fingerprint density at radius 2 is 1.65 bits per heavy atom. The van der Waals surface area contributed by atoms with E-state index in [-0.39, 0.29) is 5.78 Å². The second-order valence-electron chi connectivity index (χ2n) is 3.85. The van der Waals surface area contributed by atoms with E-state index in [9.17, 15) is 4.79 Å². The largest absolute Gasteiger partial charge is 0.289 e. The highest BCUT2D eigenvalue weighted by atomic mass is 16.1. The number of rotatable bonds is 4. The van der Waals surface area contributed by atoms with Crippen LogP contribution in [0.4, 0.5) is 0 Å². The predicted molar refractivity (Wildman–Crippen MR) is 73.2 cm³/mol. The van der Waals surface area contributed by atoms with Gasteiger partial charge in [-0.2, -0.15) is 0 Å². The van der Waals surface area contributed by atoms with Gasteiger partial charge in [-0.15, -0.1) is 0 Å². The molecule has 0 aliphatic heterocycles. The zero-order valence-electron chi connectivity index (χ0n) is 10.6. The van der Waals surface area contributed by atoms with Gasteiger partial charge >= 0.3 is 0 Å². The van der Waals surface area contributed by atoms with Gasteiger partial charge in [0.05, 0.1) is 0 Å². The quantitative estimate of drug-likeness (QED) is 0.426. The average molecular weight is 226 g/mol. The summed E-state index contributed by atoms with van der Waals surface area (Å²) < 4.78 is 0. The van der Waals surface area contributed by atoms with Crippen molar-refractivity contribution in [3.8, 4) is 0 Å².